The summed E-state index contributed by atoms with van der Waals surface area (Å²) in [6.45, 7) is 1.40. The second kappa shape index (κ2) is 4.92. The molecular weight excluding hydrogens is 242 g/mol. The molecule has 0 aliphatic heterocycles. The molecule has 0 amide bonds. The molecule has 0 fully saturated rings. The first-order valence-electron chi connectivity index (χ1n) is 6.05. The highest BCUT2D eigenvalue weighted by atomic mass is 32.1. The summed E-state index contributed by atoms with van der Waals surface area (Å²) in [5, 5.41) is 7.89. The first-order valence-corrected chi connectivity index (χ1v) is 6.93. The number of hydrogen-bond donors (Lipinski definition) is 1. The monoisotopic (exact) mass is 257 g/mol. The highest BCUT2D eigenvalue weighted by Gasteiger charge is 2.08. The van der Waals surface area contributed by atoms with E-state index in [1.807, 2.05) is 12.1 Å². The van der Waals surface area contributed by atoms with Crippen molar-refractivity contribution in [1.82, 2.24) is 9.78 Å². The molecule has 0 unspecified atom stereocenters. The maximum atomic E-state index is 5.75. The molecule has 18 heavy (non-hydrogen) atoms. The van der Waals surface area contributed by atoms with E-state index in [1.54, 1.807) is 11.3 Å². The number of aryl methyl sites for hydroxylation is 2. The molecule has 0 saturated heterocycles. The number of nitrogens with zero attached hydrogens (tertiary/aromatic N) is 2. The van der Waals surface area contributed by atoms with Crippen LogP contribution in [-0.2, 0) is 19.5 Å². The summed E-state index contributed by atoms with van der Waals surface area (Å²) >= 11 is 1.79. The summed E-state index contributed by atoms with van der Waals surface area (Å²) in [7, 11) is 0. The molecule has 0 spiro atoms. The van der Waals surface area contributed by atoms with Crippen molar-refractivity contribution in [3.05, 3.63) is 52.3 Å². The van der Waals surface area contributed by atoms with Crippen molar-refractivity contribution in [2.24, 2.45) is 5.73 Å². The third-order valence-electron chi connectivity index (χ3n) is 3.08. The highest BCUT2D eigenvalue weighted by molar-refractivity contribution is 7.09. The quantitative estimate of drug-likeness (QED) is 0.781. The number of hydrogen-bond acceptors (Lipinski definition) is 3. The van der Waals surface area contributed by atoms with Gasteiger partial charge in [0.1, 0.15) is 0 Å². The molecule has 0 aliphatic rings. The molecular formula is C14H15N3S. The average Bonchev–Trinajstić information content (AvgIpc) is 3.04. The summed E-state index contributed by atoms with van der Waals surface area (Å²) in [5.74, 6) is 0. The minimum absolute atomic E-state index is 0.493. The van der Waals surface area contributed by atoms with Crippen LogP contribution < -0.4 is 5.73 Å². The van der Waals surface area contributed by atoms with E-state index in [1.165, 1.54) is 15.8 Å². The van der Waals surface area contributed by atoms with Crippen LogP contribution in [0.5, 0.6) is 0 Å². The first kappa shape index (κ1) is 11.4. The van der Waals surface area contributed by atoms with Gasteiger partial charge in [0, 0.05) is 29.8 Å². The van der Waals surface area contributed by atoms with Gasteiger partial charge in [0.05, 0.1) is 11.2 Å². The van der Waals surface area contributed by atoms with E-state index in [2.05, 4.69) is 39.4 Å². The molecule has 3 aromatic rings. The van der Waals surface area contributed by atoms with Gasteiger partial charge in [0.2, 0.25) is 0 Å². The second-order valence-corrected chi connectivity index (χ2v) is 5.25. The number of nitrogens with two attached hydrogens (primary N) is 1. The van der Waals surface area contributed by atoms with Gasteiger partial charge in [-0.2, -0.15) is 5.10 Å². The predicted octanol–water partition coefficient (Wildman–Crippen LogP) is 2.80. The fourth-order valence-corrected chi connectivity index (χ4v) is 2.89. The van der Waals surface area contributed by atoms with Gasteiger partial charge in [0.25, 0.3) is 0 Å². The standard InChI is InChI=1S/C14H15N3S/c15-10-13-12-5-1-2-6-14(12)17(16-13)8-7-11-4-3-9-18-11/h1-6,9H,7-8,10,15H2. The molecule has 1 aromatic carbocycles. The van der Waals surface area contributed by atoms with Crippen molar-refractivity contribution in [2.45, 2.75) is 19.5 Å². The normalized spacial score (nSPS) is 11.2. The van der Waals surface area contributed by atoms with E-state index >= 15 is 0 Å². The number of aromatic nitrogens is 2. The molecule has 2 aromatic heterocycles. The molecule has 2 N–H and O–H groups in total. The fraction of sp³-hybridized carbons (Fsp3) is 0.214. The van der Waals surface area contributed by atoms with Gasteiger partial charge < -0.3 is 5.73 Å². The summed E-state index contributed by atoms with van der Waals surface area (Å²) in [4.78, 5) is 1.39. The Morgan fingerprint density at radius 3 is 2.83 bits per heavy atom. The molecule has 4 heteroatoms. The lowest BCUT2D eigenvalue weighted by Crippen LogP contribution is -2.04. The van der Waals surface area contributed by atoms with Crippen LogP contribution in [0.1, 0.15) is 10.6 Å². The average molecular weight is 257 g/mol. The van der Waals surface area contributed by atoms with Crippen molar-refractivity contribution < 1.29 is 0 Å². The van der Waals surface area contributed by atoms with Crippen LogP contribution in [0, 0.1) is 0 Å². The van der Waals surface area contributed by atoms with E-state index in [0.29, 0.717) is 6.54 Å². The summed E-state index contributed by atoms with van der Waals surface area (Å²) in [6, 6.07) is 12.5. The third-order valence-corrected chi connectivity index (χ3v) is 4.01. The van der Waals surface area contributed by atoms with Crippen LogP contribution >= 0.6 is 11.3 Å². The van der Waals surface area contributed by atoms with Gasteiger partial charge in [-0.25, -0.2) is 0 Å². The van der Waals surface area contributed by atoms with Crippen LogP contribution in [0.2, 0.25) is 0 Å². The molecule has 0 aliphatic carbocycles. The zero-order valence-electron chi connectivity index (χ0n) is 10.0. The summed E-state index contributed by atoms with van der Waals surface area (Å²) in [5.41, 5.74) is 7.90. The number of rotatable bonds is 4. The lowest BCUT2D eigenvalue weighted by Gasteiger charge is -2.01. The van der Waals surface area contributed by atoms with Crippen molar-refractivity contribution >= 4 is 22.2 Å². The maximum Gasteiger partial charge on any atom is 0.0838 e. The van der Waals surface area contributed by atoms with E-state index < -0.39 is 0 Å². The SMILES string of the molecule is NCc1nn(CCc2cccs2)c2ccccc12. The Bertz CT molecular complexity index is 640. The molecule has 0 atom stereocenters. The van der Waals surface area contributed by atoms with E-state index in [4.69, 9.17) is 5.73 Å². The van der Waals surface area contributed by atoms with Crippen molar-refractivity contribution in [1.29, 1.82) is 0 Å². The number of para-hydroxylation sites is 1. The van der Waals surface area contributed by atoms with Crippen molar-refractivity contribution in [2.75, 3.05) is 0 Å². The minimum atomic E-state index is 0.493. The van der Waals surface area contributed by atoms with Gasteiger partial charge in [0.15, 0.2) is 0 Å². The van der Waals surface area contributed by atoms with E-state index in [9.17, 15) is 0 Å². The van der Waals surface area contributed by atoms with E-state index in [-0.39, 0.29) is 0 Å². The minimum Gasteiger partial charge on any atom is -0.325 e. The summed E-state index contributed by atoms with van der Waals surface area (Å²) < 4.78 is 2.07. The zero-order chi connectivity index (χ0) is 12.4. The largest absolute Gasteiger partial charge is 0.325 e. The topological polar surface area (TPSA) is 43.8 Å². The highest BCUT2D eigenvalue weighted by Crippen LogP contribution is 2.19. The number of benzene rings is 1. The Morgan fingerprint density at radius 2 is 2.06 bits per heavy atom. The summed E-state index contributed by atoms with van der Waals surface area (Å²) in [6.07, 6.45) is 1.02. The Labute approximate surface area is 110 Å². The second-order valence-electron chi connectivity index (χ2n) is 4.22. The number of thiophene rings is 1. The van der Waals surface area contributed by atoms with E-state index in [0.717, 1.165) is 18.7 Å². The van der Waals surface area contributed by atoms with Crippen molar-refractivity contribution in [3.8, 4) is 0 Å². The fourth-order valence-electron chi connectivity index (χ4n) is 2.19. The van der Waals surface area contributed by atoms with Crippen LogP contribution in [0.4, 0.5) is 0 Å². The Morgan fingerprint density at radius 1 is 1.17 bits per heavy atom. The lowest BCUT2D eigenvalue weighted by molar-refractivity contribution is 0.628. The maximum absolute atomic E-state index is 5.75. The van der Waals surface area contributed by atoms with Crippen LogP contribution in [0.25, 0.3) is 10.9 Å². The van der Waals surface area contributed by atoms with Gasteiger partial charge >= 0.3 is 0 Å². The van der Waals surface area contributed by atoms with Gasteiger partial charge in [-0.15, -0.1) is 11.3 Å². The van der Waals surface area contributed by atoms with Gasteiger partial charge in [-0.05, 0) is 17.5 Å². The molecule has 0 saturated carbocycles. The van der Waals surface area contributed by atoms with Gasteiger partial charge in [-0.1, -0.05) is 24.3 Å². The van der Waals surface area contributed by atoms with Crippen LogP contribution in [0.15, 0.2) is 41.8 Å². The molecule has 2 heterocycles. The molecule has 92 valence electrons. The third kappa shape index (κ3) is 2.05. The zero-order valence-corrected chi connectivity index (χ0v) is 10.9. The predicted molar refractivity (Wildman–Crippen MR) is 75.6 cm³/mol. The molecule has 0 bridgehead atoms. The molecule has 0 radical (unpaired) electrons. The lowest BCUT2D eigenvalue weighted by atomic mass is 10.2. The van der Waals surface area contributed by atoms with Gasteiger partial charge in [-0.3, -0.25) is 4.68 Å². The smallest absolute Gasteiger partial charge is 0.0838 e. The van der Waals surface area contributed by atoms with Crippen LogP contribution in [0.3, 0.4) is 0 Å². The molecule has 3 rings (SSSR count). The Balaban J connectivity index is 1.91. The van der Waals surface area contributed by atoms with Crippen molar-refractivity contribution in [3.63, 3.8) is 0 Å². The Kier molecular flexibility index (Phi) is 3.13. The number of fused-ring (bicyclic) bond motifs is 1. The molecule has 3 nitrogen and oxygen atoms in total. The Hall–Kier alpha value is -1.65. The van der Waals surface area contributed by atoms with Crippen LogP contribution in [-0.4, -0.2) is 9.78 Å². The first-order chi connectivity index (χ1) is 8.88.